The first-order valence-electron chi connectivity index (χ1n) is 6.10. The average Bonchev–Trinajstić information content (AvgIpc) is 2.14. The van der Waals surface area contributed by atoms with E-state index < -0.39 is 11.8 Å². The molecule has 0 heterocycles. The van der Waals surface area contributed by atoms with Crippen LogP contribution in [0.5, 0.6) is 0 Å². The minimum absolute atomic E-state index is 0.190. The molecule has 0 amide bonds. The Kier molecular flexibility index (Phi) is 7.04. The van der Waals surface area contributed by atoms with Gasteiger partial charge in [0.05, 0.1) is 0 Å². The molecule has 0 bridgehead atoms. The van der Waals surface area contributed by atoms with Gasteiger partial charge in [-0.3, -0.25) is 0 Å². The lowest BCUT2D eigenvalue weighted by atomic mass is 9.97. The topological polar surface area (TPSA) is 20.2 Å². The molecule has 0 aromatic carbocycles. The highest BCUT2D eigenvalue weighted by atomic mass is 19.4. The Balaban J connectivity index is 3.51. The van der Waals surface area contributed by atoms with Crippen molar-refractivity contribution in [1.82, 2.24) is 0 Å². The van der Waals surface area contributed by atoms with Gasteiger partial charge in [0.25, 0.3) is 0 Å². The van der Waals surface area contributed by atoms with Crippen molar-refractivity contribution in [3.63, 3.8) is 0 Å². The highest BCUT2D eigenvalue weighted by molar-refractivity contribution is 4.80. The maximum absolute atomic E-state index is 12.3. The van der Waals surface area contributed by atoms with Gasteiger partial charge in [0, 0.05) is 0 Å². The van der Waals surface area contributed by atoms with E-state index in [-0.39, 0.29) is 6.42 Å². The molecular weight excluding hydrogens is 217 g/mol. The van der Waals surface area contributed by atoms with E-state index in [2.05, 4.69) is 6.92 Å². The van der Waals surface area contributed by atoms with Crippen molar-refractivity contribution in [2.24, 2.45) is 0 Å². The summed E-state index contributed by atoms with van der Waals surface area (Å²) < 4.78 is 36.8. The van der Waals surface area contributed by atoms with Crippen molar-refractivity contribution in [2.45, 2.75) is 77.0 Å². The summed E-state index contributed by atoms with van der Waals surface area (Å²) in [5.74, 6) is 0. The van der Waals surface area contributed by atoms with Crippen molar-refractivity contribution < 1.29 is 18.3 Å². The van der Waals surface area contributed by atoms with Gasteiger partial charge in [0.2, 0.25) is 0 Å². The fourth-order valence-electron chi connectivity index (χ4n) is 1.57. The van der Waals surface area contributed by atoms with Crippen molar-refractivity contribution >= 4 is 0 Å². The molecule has 1 atom stereocenters. The summed E-state index contributed by atoms with van der Waals surface area (Å²) in [5.41, 5.74) is -2.52. The molecule has 0 aliphatic carbocycles. The highest BCUT2D eigenvalue weighted by Crippen LogP contribution is 2.33. The van der Waals surface area contributed by atoms with Crippen molar-refractivity contribution in [1.29, 1.82) is 0 Å². The van der Waals surface area contributed by atoms with Gasteiger partial charge in [-0.05, 0) is 13.3 Å². The first-order chi connectivity index (χ1) is 7.31. The summed E-state index contributed by atoms with van der Waals surface area (Å²) in [6.07, 6.45) is 2.10. The molecule has 0 aromatic rings. The maximum atomic E-state index is 12.3. The van der Waals surface area contributed by atoms with Crippen molar-refractivity contribution in [2.75, 3.05) is 0 Å². The monoisotopic (exact) mass is 240 g/mol. The predicted molar refractivity (Wildman–Crippen MR) is 59.3 cm³/mol. The highest BCUT2D eigenvalue weighted by Gasteiger charge is 2.48. The molecule has 0 saturated heterocycles. The zero-order valence-electron chi connectivity index (χ0n) is 10.2. The van der Waals surface area contributed by atoms with E-state index in [1.807, 2.05) is 0 Å². The molecule has 0 radical (unpaired) electrons. The lowest BCUT2D eigenvalue weighted by Crippen LogP contribution is -2.41. The molecule has 0 rings (SSSR count). The molecule has 1 unspecified atom stereocenters. The van der Waals surface area contributed by atoms with Crippen LogP contribution in [-0.4, -0.2) is 16.9 Å². The summed E-state index contributed by atoms with van der Waals surface area (Å²) in [7, 11) is 0. The van der Waals surface area contributed by atoms with Crippen LogP contribution >= 0.6 is 0 Å². The molecule has 4 heteroatoms. The van der Waals surface area contributed by atoms with Crippen molar-refractivity contribution in [3.05, 3.63) is 0 Å². The standard InChI is InChI=1S/C12H23F3O/c1-3-4-5-6-7-8-9-10-11(2,16)12(13,14)15/h16H,3-10H2,1-2H3. The van der Waals surface area contributed by atoms with Crippen LogP contribution in [0, 0.1) is 0 Å². The van der Waals surface area contributed by atoms with E-state index in [1.54, 1.807) is 0 Å². The zero-order valence-corrected chi connectivity index (χ0v) is 10.2. The van der Waals surface area contributed by atoms with Gasteiger partial charge in [-0.15, -0.1) is 0 Å². The Morgan fingerprint density at radius 1 is 0.875 bits per heavy atom. The summed E-state index contributed by atoms with van der Waals surface area (Å²) >= 11 is 0. The quantitative estimate of drug-likeness (QED) is 0.622. The van der Waals surface area contributed by atoms with Crippen LogP contribution in [0.2, 0.25) is 0 Å². The molecule has 0 aromatic heterocycles. The number of hydrogen-bond donors (Lipinski definition) is 1. The predicted octanol–water partition coefficient (Wildman–Crippen LogP) is 4.44. The number of unbranched alkanes of at least 4 members (excludes halogenated alkanes) is 6. The average molecular weight is 240 g/mol. The van der Waals surface area contributed by atoms with Crippen LogP contribution in [0.1, 0.15) is 65.2 Å². The van der Waals surface area contributed by atoms with E-state index in [1.165, 1.54) is 12.8 Å². The van der Waals surface area contributed by atoms with Gasteiger partial charge in [0.15, 0.2) is 5.60 Å². The molecule has 1 nitrogen and oxygen atoms in total. The van der Waals surface area contributed by atoms with E-state index in [0.717, 1.165) is 32.6 Å². The zero-order chi connectivity index (χ0) is 12.7. The summed E-state index contributed by atoms with van der Waals surface area (Å²) in [6.45, 7) is 2.98. The minimum atomic E-state index is -4.50. The van der Waals surface area contributed by atoms with Crippen LogP contribution in [-0.2, 0) is 0 Å². The Labute approximate surface area is 96.0 Å². The minimum Gasteiger partial charge on any atom is -0.381 e. The van der Waals surface area contributed by atoms with Crippen molar-refractivity contribution in [3.8, 4) is 0 Å². The molecule has 0 fully saturated rings. The van der Waals surface area contributed by atoms with Gasteiger partial charge in [-0.25, -0.2) is 0 Å². The molecule has 0 saturated carbocycles. The van der Waals surface area contributed by atoms with Gasteiger partial charge < -0.3 is 5.11 Å². The SMILES string of the molecule is CCCCCCCCCC(C)(O)C(F)(F)F. The Morgan fingerprint density at radius 2 is 1.31 bits per heavy atom. The number of halogens is 3. The third-order valence-electron chi connectivity index (χ3n) is 2.88. The van der Waals surface area contributed by atoms with Crippen LogP contribution in [0.4, 0.5) is 13.2 Å². The van der Waals surface area contributed by atoms with Gasteiger partial charge in [-0.2, -0.15) is 13.2 Å². The van der Waals surface area contributed by atoms with Gasteiger partial charge in [0.1, 0.15) is 0 Å². The molecule has 1 N–H and O–H groups in total. The molecular formula is C12H23F3O. The third-order valence-corrected chi connectivity index (χ3v) is 2.88. The first-order valence-corrected chi connectivity index (χ1v) is 6.10. The number of alkyl halides is 3. The van der Waals surface area contributed by atoms with E-state index in [9.17, 15) is 13.2 Å². The smallest absolute Gasteiger partial charge is 0.381 e. The van der Waals surface area contributed by atoms with E-state index in [4.69, 9.17) is 5.11 Å². The maximum Gasteiger partial charge on any atom is 0.416 e. The lowest BCUT2D eigenvalue weighted by Gasteiger charge is -2.26. The lowest BCUT2D eigenvalue weighted by molar-refractivity contribution is -0.255. The Morgan fingerprint density at radius 3 is 1.75 bits per heavy atom. The number of rotatable bonds is 8. The second kappa shape index (κ2) is 7.15. The largest absolute Gasteiger partial charge is 0.416 e. The second-order valence-electron chi connectivity index (χ2n) is 4.64. The normalized spacial score (nSPS) is 16.1. The Bertz CT molecular complexity index is 176. The molecule has 0 aliphatic rings. The third kappa shape index (κ3) is 6.36. The fraction of sp³-hybridized carbons (Fsp3) is 1.00. The summed E-state index contributed by atoms with van der Waals surface area (Å²) in [4.78, 5) is 0. The molecule has 16 heavy (non-hydrogen) atoms. The molecule has 0 aliphatic heterocycles. The van der Waals surface area contributed by atoms with Gasteiger partial charge in [-0.1, -0.05) is 51.9 Å². The van der Waals surface area contributed by atoms with E-state index in [0.29, 0.717) is 6.42 Å². The molecule has 98 valence electrons. The Hall–Kier alpha value is -0.250. The summed E-state index contributed by atoms with van der Waals surface area (Å²) in [5, 5.41) is 9.17. The number of aliphatic hydroxyl groups is 1. The van der Waals surface area contributed by atoms with Crippen LogP contribution in [0.3, 0.4) is 0 Å². The summed E-state index contributed by atoms with van der Waals surface area (Å²) in [6, 6.07) is 0. The first kappa shape index (κ1) is 15.8. The van der Waals surface area contributed by atoms with Gasteiger partial charge >= 0.3 is 6.18 Å². The number of hydrogen-bond acceptors (Lipinski definition) is 1. The fourth-order valence-corrected chi connectivity index (χ4v) is 1.57. The molecule has 0 spiro atoms. The van der Waals surface area contributed by atoms with Crippen LogP contribution < -0.4 is 0 Å². The van der Waals surface area contributed by atoms with E-state index >= 15 is 0 Å². The van der Waals surface area contributed by atoms with Crippen LogP contribution in [0.25, 0.3) is 0 Å². The van der Waals surface area contributed by atoms with Crippen LogP contribution in [0.15, 0.2) is 0 Å². The second-order valence-corrected chi connectivity index (χ2v) is 4.64.